The third kappa shape index (κ3) is 8.88. The number of methoxy groups -OCH3 is 1. The van der Waals surface area contributed by atoms with E-state index in [-0.39, 0.29) is 6.54 Å². The largest absolute Gasteiger partial charge is 0.534 e. The van der Waals surface area contributed by atoms with E-state index < -0.39 is 23.5 Å². The molecule has 0 radical (unpaired) electrons. The first-order chi connectivity index (χ1) is 15.4. The second-order valence-corrected chi connectivity index (χ2v) is 9.31. The third-order valence-corrected chi connectivity index (χ3v) is 4.10. The van der Waals surface area contributed by atoms with Crippen LogP contribution in [0.1, 0.15) is 52.7 Å². The summed E-state index contributed by atoms with van der Waals surface area (Å²) in [5.41, 5.74) is 1.08. The van der Waals surface area contributed by atoms with Crippen molar-refractivity contribution in [2.24, 2.45) is 0 Å². The van der Waals surface area contributed by atoms with Crippen molar-refractivity contribution in [3.05, 3.63) is 71.8 Å². The van der Waals surface area contributed by atoms with Gasteiger partial charge in [-0.2, -0.15) is 0 Å². The molecule has 7 heteroatoms. The Hall–Kier alpha value is -3.48. The van der Waals surface area contributed by atoms with Crippen molar-refractivity contribution >= 4 is 17.8 Å². The number of nitrogens with zero attached hydrogens (tertiary/aromatic N) is 1. The van der Waals surface area contributed by atoms with E-state index in [0.29, 0.717) is 5.75 Å². The van der Waals surface area contributed by atoms with Gasteiger partial charge in [0.25, 0.3) is 0 Å². The van der Waals surface area contributed by atoms with Gasteiger partial charge in [-0.3, -0.25) is 4.84 Å². The Morgan fingerprint density at radius 3 is 2.03 bits per heavy atom. The molecule has 0 aromatic heterocycles. The molecule has 0 aliphatic carbocycles. The molecule has 0 heterocycles. The lowest BCUT2D eigenvalue weighted by Crippen LogP contribution is -2.40. The van der Waals surface area contributed by atoms with Crippen LogP contribution in [0.4, 0.5) is 9.59 Å². The standard InChI is InChI=1S/C26H33NO6/c1-25(2,3)31-23(28)27(33-24(29)32-26(4,5)6)17-16-22(19-12-9-8-10-13-19)20-14-11-15-21(18-20)30-7/h8-16,18H,17H2,1-7H3/b22-16+. The molecule has 0 fully saturated rings. The van der Waals surface area contributed by atoms with Crippen LogP contribution in [0.15, 0.2) is 60.7 Å². The number of hydroxylamine groups is 2. The zero-order valence-corrected chi connectivity index (χ0v) is 20.4. The second kappa shape index (κ2) is 10.9. The van der Waals surface area contributed by atoms with Crippen molar-refractivity contribution in [2.45, 2.75) is 52.7 Å². The quantitative estimate of drug-likeness (QED) is 0.393. The summed E-state index contributed by atoms with van der Waals surface area (Å²) in [6, 6.07) is 17.2. The number of hydrogen-bond donors (Lipinski definition) is 0. The average Bonchev–Trinajstić information content (AvgIpc) is 2.71. The van der Waals surface area contributed by atoms with Crippen LogP contribution < -0.4 is 4.74 Å². The van der Waals surface area contributed by atoms with Gasteiger partial charge < -0.3 is 14.2 Å². The van der Waals surface area contributed by atoms with Crippen LogP contribution in [0.5, 0.6) is 5.75 Å². The summed E-state index contributed by atoms with van der Waals surface area (Å²) in [4.78, 5) is 30.3. The minimum atomic E-state index is -0.996. The Morgan fingerprint density at radius 1 is 0.848 bits per heavy atom. The van der Waals surface area contributed by atoms with E-state index in [9.17, 15) is 9.59 Å². The van der Waals surface area contributed by atoms with Crippen molar-refractivity contribution in [2.75, 3.05) is 13.7 Å². The SMILES string of the molecule is COc1cccc(/C(=C/CN(OC(=O)OC(C)(C)C)C(=O)OC(C)(C)C)c2ccccc2)c1. The van der Waals surface area contributed by atoms with Gasteiger partial charge in [0.2, 0.25) is 0 Å². The molecule has 0 spiro atoms. The first-order valence-corrected chi connectivity index (χ1v) is 10.7. The van der Waals surface area contributed by atoms with E-state index in [1.54, 1.807) is 54.7 Å². The smallest absolute Gasteiger partial charge is 0.497 e. The maximum atomic E-state index is 12.8. The molecule has 0 atom stereocenters. The van der Waals surface area contributed by atoms with Crippen LogP contribution >= 0.6 is 0 Å². The average molecular weight is 456 g/mol. The van der Waals surface area contributed by atoms with E-state index >= 15 is 0 Å². The van der Waals surface area contributed by atoms with Crippen LogP contribution in [-0.4, -0.2) is 42.2 Å². The molecule has 0 aliphatic heterocycles. The fourth-order valence-corrected chi connectivity index (χ4v) is 2.81. The number of carbonyl (C=O) groups is 2. The number of hydrogen-bond acceptors (Lipinski definition) is 6. The number of amides is 1. The monoisotopic (exact) mass is 455 g/mol. The molecule has 0 unspecified atom stereocenters. The predicted molar refractivity (Wildman–Crippen MR) is 127 cm³/mol. The Kier molecular flexibility index (Phi) is 8.51. The van der Waals surface area contributed by atoms with Crippen LogP contribution in [0.3, 0.4) is 0 Å². The summed E-state index contributed by atoms with van der Waals surface area (Å²) in [6.45, 7) is 10.3. The maximum absolute atomic E-state index is 12.8. The van der Waals surface area contributed by atoms with Crippen LogP contribution in [0.25, 0.3) is 5.57 Å². The normalized spacial score (nSPS) is 12.0. The molecular weight excluding hydrogens is 422 g/mol. The number of rotatable bonds is 5. The van der Waals surface area contributed by atoms with Gasteiger partial charge in [-0.25, -0.2) is 9.59 Å². The van der Waals surface area contributed by atoms with Crippen LogP contribution in [0.2, 0.25) is 0 Å². The van der Waals surface area contributed by atoms with Gasteiger partial charge in [-0.1, -0.05) is 48.5 Å². The van der Waals surface area contributed by atoms with E-state index in [2.05, 4.69) is 0 Å². The van der Waals surface area contributed by atoms with Crippen molar-refractivity contribution < 1.29 is 28.6 Å². The summed E-state index contributed by atoms with van der Waals surface area (Å²) in [6.07, 6.45) is -0.00894. The van der Waals surface area contributed by atoms with Crippen LogP contribution in [-0.2, 0) is 14.3 Å². The summed E-state index contributed by atoms with van der Waals surface area (Å²) in [7, 11) is 1.60. The van der Waals surface area contributed by atoms with E-state index in [1.807, 2.05) is 54.6 Å². The number of carbonyl (C=O) groups excluding carboxylic acids is 2. The summed E-state index contributed by atoms with van der Waals surface area (Å²) in [5.74, 6) is 0.698. The van der Waals surface area contributed by atoms with Gasteiger partial charge in [-0.05, 0) is 70.4 Å². The fourth-order valence-electron chi connectivity index (χ4n) is 2.81. The van der Waals surface area contributed by atoms with Crippen molar-refractivity contribution in [1.82, 2.24) is 5.06 Å². The minimum absolute atomic E-state index is 0.0599. The van der Waals surface area contributed by atoms with E-state index in [1.165, 1.54) is 0 Å². The van der Waals surface area contributed by atoms with E-state index in [4.69, 9.17) is 19.0 Å². The molecular formula is C26H33NO6. The summed E-state index contributed by atoms with van der Waals surface area (Å²) in [5, 5.41) is 0.850. The van der Waals surface area contributed by atoms with Gasteiger partial charge in [0, 0.05) is 0 Å². The highest BCUT2D eigenvalue weighted by atomic mass is 16.8. The molecule has 7 nitrogen and oxygen atoms in total. The highest BCUT2D eigenvalue weighted by Crippen LogP contribution is 2.26. The second-order valence-electron chi connectivity index (χ2n) is 9.31. The van der Waals surface area contributed by atoms with Gasteiger partial charge >= 0.3 is 12.2 Å². The van der Waals surface area contributed by atoms with Gasteiger partial charge in [-0.15, -0.1) is 5.06 Å². The summed E-state index contributed by atoms with van der Waals surface area (Å²) >= 11 is 0. The lowest BCUT2D eigenvalue weighted by atomic mass is 9.97. The molecule has 178 valence electrons. The van der Waals surface area contributed by atoms with Gasteiger partial charge in [0.05, 0.1) is 13.7 Å². The lowest BCUT2D eigenvalue weighted by molar-refractivity contribution is -0.130. The Morgan fingerprint density at radius 2 is 1.45 bits per heavy atom. The minimum Gasteiger partial charge on any atom is -0.497 e. The summed E-state index contributed by atoms with van der Waals surface area (Å²) < 4.78 is 16.0. The van der Waals surface area contributed by atoms with Gasteiger partial charge in [0.15, 0.2) is 0 Å². The molecule has 33 heavy (non-hydrogen) atoms. The Labute approximate surface area is 195 Å². The molecule has 2 rings (SSSR count). The van der Waals surface area contributed by atoms with Crippen LogP contribution in [0, 0.1) is 0 Å². The topological polar surface area (TPSA) is 74.3 Å². The van der Waals surface area contributed by atoms with Crippen molar-refractivity contribution in [3.63, 3.8) is 0 Å². The predicted octanol–water partition coefficient (Wildman–Crippen LogP) is 6.23. The Bertz CT molecular complexity index is 970. The molecule has 0 saturated heterocycles. The molecule has 0 N–H and O–H groups in total. The fraction of sp³-hybridized carbons (Fsp3) is 0.385. The van der Waals surface area contributed by atoms with Crippen molar-refractivity contribution in [1.29, 1.82) is 0 Å². The number of ether oxygens (including phenoxy) is 3. The number of benzene rings is 2. The highest BCUT2D eigenvalue weighted by Gasteiger charge is 2.27. The maximum Gasteiger partial charge on any atom is 0.534 e. The Balaban J connectivity index is 2.40. The first-order valence-electron chi connectivity index (χ1n) is 10.7. The first kappa shape index (κ1) is 25.8. The molecule has 1 amide bonds. The molecule has 2 aromatic carbocycles. The van der Waals surface area contributed by atoms with Crippen molar-refractivity contribution in [3.8, 4) is 5.75 Å². The zero-order valence-electron chi connectivity index (χ0n) is 20.4. The van der Waals surface area contributed by atoms with E-state index in [0.717, 1.165) is 21.8 Å². The third-order valence-electron chi connectivity index (χ3n) is 4.10. The lowest BCUT2D eigenvalue weighted by Gasteiger charge is -2.27. The van der Waals surface area contributed by atoms with Gasteiger partial charge in [0.1, 0.15) is 17.0 Å². The molecule has 0 aliphatic rings. The highest BCUT2D eigenvalue weighted by molar-refractivity contribution is 5.81. The molecule has 0 saturated carbocycles. The molecule has 0 bridgehead atoms. The zero-order chi connectivity index (χ0) is 24.6. The molecule has 2 aromatic rings.